The van der Waals surface area contributed by atoms with E-state index in [0.717, 1.165) is 12.2 Å². The first-order valence-corrected chi connectivity index (χ1v) is 7.89. The summed E-state index contributed by atoms with van der Waals surface area (Å²) in [7, 11) is 1.25. The monoisotopic (exact) mass is 334 g/mol. The highest BCUT2D eigenvalue weighted by Crippen LogP contribution is 2.26. The van der Waals surface area contributed by atoms with Gasteiger partial charge in [-0.3, -0.25) is 0 Å². The summed E-state index contributed by atoms with van der Waals surface area (Å²) in [5.41, 5.74) is 1.24. The molecule has 1 aromatic rings. The van der Waals surface area contributed by atoms with Crippen molar-refractivity contribution in [1.82, 2.24) is 0 Å². The average Bonchev–Trinajstić information content (AvgIpc) is 2.07. The van der Waals surface area contributed by atoms with E-state index in [2.05, 4.69) is 61.6 Å². The van der Waals surface area contributed by atoms with Gasteiger partial charge in [0.1, 0.15) is 11.4 Å². The molecule has 3 heteroatoms. The normalized spacial score (nSPS) is 11.7. The van der Waals surface area contributed by atoms with Gasteiger partial charge in [-0.1, -0.05) is 12.1 Å². The summed E-state index contributed by atoms with van der Waals surface area (Å²) in [5.74, 6) is 1.06. The van der Waals surface area contributed by atoms with Crippen LogP contribution in [0.3, 0.4) is 0 Å². The molecule has 1 nitrogen and oxygen atoms in total. The van der Waals surface area contributed by atoms with Crippen molar-refractivity contribution in [1.29, 1.82) is 0 Å². The van der Waals surface area contributed by atoms with Crippen molar-refractivity contribution >= 4 is 32.8 Å². The first-order valence-electron chi connectivity index (χ1n) is 5.40. The van der Waals surface area contributed by atoms with Crippen LogP contribution in [0.2, 0.25) is 6.04 Å². The fraction of sp³-hybridized carbons (Fsp3) is 0.500. The van der Waals surface area contributed by atoms with E-state index < -0.39 is 0 Å². The van der Waals surface area contributed by atoms with Crippen molar-refractivity contribution in [3.05, 3.63) is 27.3 Å². The van der Waals surface area contributed by atoms with Crippen LogP contribution < -0.4 is 4.74 Å². The molecule has 0 unspecified atom stereocenters. The quantitative estimate of drug-likeness (QED) is 0.610. The largest absolute Gasteiger partial charge is 0.488 e. The Morgan fingerprint density at radius 2 is 2.00 bits per heavy atom. The van der Waals surface area contributed by atoms with Gasteiger partial charge in [-0.15, -0.1) is 0 Å². The number of benzene rings is 1. The summed E-state index contributed by atoms with van der Waals surface area (Å²) >= 11 is 2.33. The third-order valence-electron chi connectivity index (χ3n) is 1.96. The predicted molar refractivity (Wildman–Crippen MR) is 78.0 cm³/mol. The van der Waals surface area contributed by atoms with E-state index in [9.17, 15) is 0 Å². The molecule has 0 amide bonds. The highest BCUT2D eigenvalue weighted by Gasteiger charge is 2.14. The molecule has 84 valence electrons. The summed E-state index contributed by atoms with van der Waals surface area (Å²) < 4.78 is 7.22. The summed E-state index contributed by atoms with van der Waals surface area (Å²) in [6.07, 6.45) is 1.15. The van der Waals surface area contributed by atoms with E-state index >= 15 is 0 Å². The Morgan fingerprint density at radius 1 is 1.33 bits per heavy atom. The molecule has 0 saturated carbocycles. The fourth-order valence-corrected chi connectivity index (χ4v) is 2.43. The SMILES string of the molecule is CC(C)(C)Oc1cc(I)ccc1CC[SiH3]. The molecule has 15 heavy (non-hydrogen) atoms. The lowest BCUT2D eigenvalue weighted by Gasteiger charge is -2.23. The van der Waals surface area contributed by atoms with E-state index in [1.807, 2.05) is 0 Å². The van der Waals surface area contributed by atoms with Crippen molar-refractivity contribution in [3.8, 4) is 5.75 Å². The maximum Gasteiger partial charge on any atom is 0.124 e. The minimum absolute atomic E-state index is 0.107. The van der Waals surface area contributed by atoms with Gasteiger partial charge < -0.3 is 4.74 Å². The maximum atomic E-state index is 5.98. The van der Waals surface area contributed by atoms with Crippen LogP contribution in [0, 0.1) is 3.57 Å². The van der Waals surface area contributed by atoms with Gasteiger partial charge in [-0.05, 0) is 67.5 Å². The topological polar surface area (TPSA) is 9.23 Å². The Balaban J connectivity index is 2.96. The molecule has 0 atom stereocenters. The first kappa shape index (κ1) is 13.0. The number of hydrogen-bond donors (Lipinski definition) is 0. The standard InChI is InChI=1S/C12H19IOSi/c1-12(2,3)14-11-8-10(13)5-4-9(11)6-7-15/h4-5,8H,6-7H2,1-3,15H3. The van der Waals surface area contributed by atoms with E-state index in [0.29, 0.717) is 0 Å². The van der Waals surface area contributed by atoms with E-state index in [1.165, 1.54) is 25.4 Å². The van der Waals surface area contributed by atoms with Crippen LogP contribution in [0.15, 0.2) is 18.2 Å². The van der Waals surface area contributed by atoms with Crippen molar-refractivity contribution in [2.24, 2.45) is 0 Å². The van der Waals surface area contributed by atoms with Gasteiger partial charge in [-0.25, -0.2) is 0 Å². The van der Waals surface area contributed by atoms with Gasteiger partial charge >= 0.3 is 0 Å². The Hall–Kier alpha value is -0.0331. The zero-order valence-electron chi connectivity index (χ0n) is 9.93. The second-order valence-corrected chi connectivity index (χ2v) is 6.96. The van der Waals surface area contributed by atoms with Crippen molar-refractivity contribution < 1.29 is 4.74 Å². The summed E-state index contributed by atoms with van der Waals surface area (Å²) in [5, 5.41) is 0. The molecule has 0 N–H and O–H groups in total. The fourth-order valence-electron chi connectivity index (χ4n) is 1.43. The van der Waals surface area contributed by atoms with Crippen molar-refractivity contribution in [3.63, 3.8) is 0 Å². The Kier molecular flexibility index (Phi) is 4.64. The van der Waals surface area contributed by atoms with Crippen LogP contribution in [0.4, 0.5) is 0 Å². The highest BCUT2D eigenvalue weighted by atomic mass is 127. The molecule has 1 rings (SSSR count). The lowest BCUT2D eigenvalue weighted by Crippen LogP contribution is -2.23. The van der Waals surface area contributed by atoms with Crippen LogP contribution >= 0.6 is 22.6 Å². The molecule has 0 spiro atoms. The Bertz CT molecular complexity index is 331. The van der Waals surface area contributed by atoms with E-state index in [-0.39, 0.29) is 5.60 Å². The van der Waals surface area contributed by atoms with E-state index in [4.69, 9.17) is 4.74 Å². The molecule has 0 aliphatic heterocycles. The highest BCUT2D eigenvalue weighted by molar-refractivity contribution is 14.1. The molecule has 0 saturated heterocycles. The Labute approximate surface area is 109 Å². The molecule has 1 aromatic carbocycles. The van der Waals surface area contributed by atoms with Crippen molar-refractivity contribution in [2.45, 2.75) is 38.8 Å². The average molecular weight is 334 g/mol. The number of aryl methyl sites for hydroxylation is 1. The van der Waals surface area contributed by atoms with Gasteiger partial charge in [0.2, 0.25) is 0 Å². The minimum Gasteiger partial charge on any atom is -0.488 e. The second-order valence-electron chi connectivity index (χ2n) is 4.72. The van der Waals surface area contributed by atoms with Gasteiger partial charge in [0.25, 0.3) is 0 Å². The second kappa shape index (κ2) is 5.34. The summed E-state index contributed by atoms with van der Waals surface area (Å²) in [4.78, 5) is 0. The van der Waals surface area contributed by atoms with Gasteiger partial charge in [0.05, 0.1) is 0 Å². The Morgan fingerprint density at radius 3 is 2.53 bits per heavy atom. The van der Waals surface area contributed by atoms with E-state index in [1.54, 1.807) is 0 Å². The van der Waals surface area contributed by atoms with Crippen molar-refractivity contribution in [2.75, 3.05) is 0 Å². The van der Waals surface area contributed by atoms with Gasteiger partial charge in [-0.2, -0.15) is 0 Å². The molecule has 0 aliphatic rings. The lowest BCUT2D eigenvalue weighted by molar-refractivity contribution is 0.129. The minimum atomic E-state index is -0.107. The number of halogens is 1. The number of rotatable bonds is 3. The third kappa shape index (κ3) is 4.55. The summed E-state index contributed by atoms with van der Waals surface area (Å²) in [6, 6.07) is 7.78. The molecular weight excluding hydrogens is 315 g/mol. The molecule has 0 aromatic heterocycles. The summed E-state index contributed by atoms with van der Waals surface area (Å²) in [6.45, 7) is 6.28. The smallest absolute Gasteiger partial charge is 0.124 e. The molecule has 0 bridgehead atoms. The number of ether oxygens (including phenoxy) is 1. The molecule has 0 radical (unpaired) electrons. The zero-order chi connectivity index (χ0) is 11.5. The third-order valence-corrected chi connectivity index (χ3v) is 3.14. The lowest BCUT2D eigenvalue weighted by atomic mass is 10.1. The van der Waals surface area contributed by atoms with Crippen LogP contribution in [-0.2, 0) is 6.42 Å². The van der Waals surface area contributed by atoms with Crippen LogP contribution in [0.1, 0.15) is 26.3 Å². The molecule has 0 fully saturated rings. The molecule has 0 heterocycles. The molecular formula is C12H19IOSi. The first-order chi connectivity index (χ1) is 6.92. The zero-order valence-corrected chi connectivity index (χ0v) is 14.1. The van der Waals surface area contributed by atoms with Crippen LogP contribution in [-0.4, -0.2) is 15.8 Å². The predicted octanol–water partition coefficient (Wildman–Crippen LogP) is 2.79. The van der Waals surface area contributed by atoms with Gasteiger partial charge in [0.15, 0.2) is 0 Å². The van der Waals surface area contributed by atoms with Gasteiger partial charge in [0, 0.05) is 13.8 Å². The van der Waals surface area contributed by atoms with Crippen LogP contribution in [0.25, 0.3) is 0 Å². The maximum absolute atomic E-state index is 5.98. The van der Waals surface area contributed by atoms with Crippen LogP contribution in [0.5, 0.6) is 5.75 Å². The number of hydrogen-bond acceptors (Lipinski definition) is 1. The molecule has 0 aliphatic carbocycles.